The lowest BCUT2D eigenvalue weighted by atomic mass is 10.1. The van der Waals surface area contributed by atoms with E-state index in [2.05, 4.69) is 21.8 Å². The SMILES string of the molecule is O=C1CCCN1CC#Cc1ccc2ncnc(N(c3ccccc3)c3ccc(O)cc3Cl)c2c1. The van der Waals surface area contributed by atoms with E-state index in [4.69, 9.17) is 11.6 Å². The van der Waals surface area contributed by atoms with Crippen molar-refractivity contribution in [2.75, 3.05) is 18.0 Å². The van der Waals surface area contributed by atoms with Crippen molar-refractivity contribution in [3.8, 4) is 17.6 Å². The van der Waals surface area contributed by atoms with Gasteiger partial charge in [0.25, 0.3) is 0 Å². The lowest BCUT2D eigenvalue weighted by Crippen LogP contribution is -2.24. The van der Waals surface area contributed by atoms with E-state index >= 15 is 0 Å². The van der Waals surface area contributed by atoms with Crippen LogP contribution in [0, 0.1) is 11.8 Å². The summed E-state index contributed by atoms with van der Waals surface area (Å²) in [6, 6.07) is 20.4. The molecule has 6 nitrogen and oxygen atoms in total. The first-order valence-electron chi connectivity index (χ1n) is 11.0. The quantitative estimate of drug-likeness (QED) is 0.404. The van der Waals surface area contributed by atoms with Gasteiger partial charge < -0.3 is 10.0 Å². The molecule has 34 heavy (non-hydrogen) atoms. The highest BCUT2D eigenvalue weighted by Crippen LogP contribution is 2.41. The molecule has 1 aliphatic rings. The fraction of sp³-hybridized carbons (Fsp3) is 0.148. The molecule has 5 rings (SSSR count). The second-order valence-electron chi connectivity index (χ2n) is 7.96. The van der Waals surface area contributed by atoms with Crippen LogP contribution in [0.15, 0.2) is 73.1 Å². The van der Waals surface area contributed by atoms with E-state index in [1.165, 1.54) is 12.4 Å². The van der Waals surface area contributed by atoms with Gasteiger partial charge in [0, 0.05) is 35.7 Å². The third-order valence-electron chi connectivity index (χ3n) is 5.69. The Balaban J connectivity index is 1.60. The Bertz CT molecular complexity index is 1430. The average molecular weight is 469 g/mol. The van der Waals surface area contributed by atoms with Crippen LogP contribution in [0.3, 0.4) is 0 Å². The van der Waals surface area contributed by atoms with Gasteiger partial charge in [0.15, 0.2) is 0 Å². The van der Waals surface area contributed by atoms with Gasteiger partial charge in [0.2, 0.25) is 5.91 Å². The number of aromatic hydroxyl groups is 1. The second-order valence-corrected chi connectivity index (χ2v) is 8.36. The summed E-state index contributed by atoms with van der Waals surface area (Å²) in [6.07, 6.45) is 3.02. The highest BCUT2D eigenvalue weighted by molar-refractivity contribution is 6.33. The van der Waals surface area contributed by atoms with Crippen LogP contribution in [0.4, 0.5) is 17.2 Å². The predicted molar refractivity (Wildman–Crippen MR) is 134 cm³/mol. The third kappa shape index (κ3) is 4.39. The Morgan fingerprint density at radius 2 is 1.91 bits per heavy atom. The molecule has 1 aromatic heterocycles. The Hall–Kier alpha value is -4.08. The molecule has 0 atom stereocenters. The first-order valence-corrected chi connectivity index (χ1v) is 11.3. The second kappa shape index (κ2) is 9.42. The number of hydrogen-bond donors (Lipinski definition) is 1. The van der Waals surface area contributed by atoms with Crippen LogP contribution in [0.2, 0.25) is 5.02 Å². The van der Waals surface area contributed by atoms with Gasteiger partial charge in [0.1, 0.15) is 17.9 Å². The zero-order chi connectivity index (χ0) is 23.5. The molecule has 1 saturated heterocycles. The van der Waals surface area contributed by atoms with Gasteiger partial charge in [-0.1, -0.05) is 41.6 Å². The first-order chi connectivity index (χ1) is 16.6. The van der Waals surface area contributed by atoms with Crippen molar-refractivity contribution in [3.05, 3.63) is 83.6 Å². The number of para-hydroxylation sites is 1. The molecule has 1 amide bonds. The summed E-state index contributed by atoms with van der Waals surface area (Å²) in [4.78, 5) is 24.6. The lowest BCUT2D eigenvalue weighted by molar-refractivity contribution is -0.127. The number of likely N-dealkylation sites (tertiary alicyclic amines) is 1. The Labute approximate surface area is 202 Å². The van der Waals surface area contributed by atoms with E-state index < -0.39 is 0 Å². The van der Waals surface area contributed by atoms with Crippen LogP contribution >= 0.6 is 11.6 Å². The maximum atomic E-state index is 11.8. The molecule has 1 aliphatic heterocycles. The number of aromatic nitrogens is 2. The van der Waals surface area contributed by atoms with E-state index in [1.807, 2.05) is 53.4 Å². The van der Waals surface area contributed by atoms with Crippen LogP contribution in [-0.2, 0) is 4.79 Å². The molecule has 0 spiro atoms. The molecule has 0 saturated carbocycles. The molecule has 0 radical (unpaired) electrons. The number of rotatable bonds is 4. The minimum absolute atomic E-state index is 0.0864. The number of amides is 1. The molecule has 0 bridgehead atoms. The maximum Gasteiger partial charge on any atom is 0.223 e. The molecule has 3 aromatic carbocycles. The lowest BCUT2D eigenvalue weighted by Gasteiger charge is -2.26. The van der Waals surface area contributed by atoms with Gasteiger partial charge in [-0.2, -0.15) is 0 Å². The normalized spacial score (nSPS) is 13.1. The summed E-state index contributed by atoms with van der Waals surface area (Å²) < 4.78 is 0. The van der Waals surface area contributed by atoms with Crippen LogP contribution in [0.5, 0.6) is 5.75 Å². The summed E-state index contributed by atoms with van der Waals surface area (Å²) in [5.74, 6) is 7.18. The molecule has 4 aromatic rings. The standard InChI is InChI=1S/C27H21ClN4O2/c28-23-17-21(33)11-13-25(23)32(20-7-2-1-3-8-20)27-22-16-19(10-12-24(22)29-18-30-27)6-4-14-31-15-5-9-26(31)34/h1-3,7-8,10-13,16-18,33H,5,9,14-15H2. The summed E-state index contributed by atoms with van der Waals surface area (Å²) in [5, 5.41) is 11.1. The summed E-state index contributed by atoms with van der Waals surface area (Å²) in [6.45, 7) is 1.19. The molecule has 0 unspecified atom stereocenters. The van der Waals surface area contributed by atoms with Crippen molar-refractivity contribution in [1.82, 2.24) is 14.9 Å². The number of carbonyl (C=O) groups is 1. The highest BCUT2D eigenvalue weighted by atomic mass is 35.5. The Morgan fingerprint density at radius 1 is 1.06 bits per heavy atom. The Kier molecular flexibility index (Phi) is 6.03. The molecule has 2 heterocycles. The number of carbonyl (C=O) groups excluding carboxylic acids is 1. The maximum absolute atomic E-state index is 11.8. The molecular weight excluding hydrogens is 448 g/mol. The third-order valence-corrected chi connectivity index (χ3v) is 5.99. The molecule has 168 valence electrons. The van der Waals surface area contributed by atoms with E-state index in [0.717, 1.165) is 35.1 Å². The van der Waals surface area contributed by atoms with Gasteiger partial charge in [-0.25, -0.2) is 9.97 Å². The number of fused-ring (bicyclic) bond motifs is 1. The molecule has 1 fully saturated rings. The van der Waals surface area contributed by atoms with Crippen molar-refractivity contribution in [1.29, 1.82) is 0 Å². The zero-order valence-corrected chi connectivity index (χ0v) is 19.0. The van der Waals surface area contributed by atoms with Crippen molar-refractivity contribution in [2.24, 2.45) is 0 Å². The van der Waals surface area contributed by atoms with Crippen molar-refractivity contribution < 1.29 is 9.90 Å². The first kappa shape index (κ1) is 21.7. The van der Waals surface area contributed by atoms with Gasteiger partial charge in [-0.15, -0.1) is 0 Å². The number of nitrogens with zero attached hydrogens (tertiary/aromatic N) is 4. The number of benzene rings is 3. The smallest absolute Gasteiger partial charge is 0.223 e. The minimum Gasteiger partial charge on any atom is -0.508 e. The topological polar surface area (TPSA) is 69.6 Å². The fourth-order valence-electron chi connectivity index (χ4n) is 4.04. The summed E-state index contributed by atoms with van der Waals surface area (Å²) in [7, 11) is 0. The molecule has 0 aliphatic carbocycles. The van der Waals surface area contributed by atoms with E-state index in [-0.39, 0.29) is 11.7 Å². The predicted octanol–water partition coefficient (Wildman–Crippen LogP) is 5.43. The molecule has 7 heteroatoms. The Morgan fingerprint density at radius 3 is 2.68 bits per heavy atom. The van der Waals surface area contributed by atoms with Gasteiger partial charge in [-0.05, 0) is 48.9 Å². The van der Waals surface area contributed by atoms with Crippen molar-refractivity contribution in [3.63, 3.8) is 0 Å². The number of phenols is 1. The van der Waals surface area contributed by atoms with E-state index in [0.29, 0.717) is 29.5 Å². The van der Waals surface area contributed by atoms with Crippen molar-refractivity contribution in [2.45, 2.75) is 12.8 Å². The summed E-state index contributed by atoms with van der Waals surface area (Å²) >= 11 is 6.55. The number of phenolic OH excluding ortho intramolecular Hbond substituents is 1. The monoisotopic (exact) mass is 468 g/mol. The van der Waals surface area contributed by atoms with Gasteiger partial charge in [0.05, 0.1) is 22.8 Å². The molecule has 1 N–H and O–H groups in total. The van der Waals surface area contributed by atoms with Crippen LogP contribution in [0.1, 0.15) is 18.4 Å². The highest BCUT2D eigenvalue weighted by Gasteiger charge is 2.20. The van der Waals surface area contributed by atoms with Crippen LogP contribution < -0.4 is 4.90 Å². The number of hydrogen-bond acceptors (Lipinski definition) is 5. The van der Waals surface area contributed by atoms with Crippen LogP contribution in [0.25, 0.3) is 10.9 Å². The summed E-state index contributed by atoms with van der Waals surface area (Å²) in [5.41, 5.74) is 3.11. The van der Waals surface area contributed by atoms with Gasteiger partial charge in [-0.3, -0.25) is 9.69 Å². The molecular formula is C27H21ClN4O2. The number of halogens is 1. The van der Waals surface area contributed by atoms with Gasteiger partial charge >= 0.3 is 0 Å². The fourth-order valence-corrected chi connectivity index (χ4v) is 4.30. The van der Waals surface area contributed by atoms with E-state index in [9.17, 15) is 9.90 Å². The largest absolute Gasteiger partial charge is 0.508 e. The average Bonchev–Trinajstić information content (AvgIpc) is 3.26. The van der Waals surface area contributed by atoms with Crippen molar-refractivity contribution >= 4 is 45.6 Å². The minimum atomic E-state index is 0.0864. The van der Waals surface area contributed by atoms with E-state index in [1.54, 1.807) is 17.0 Å². The number of anilines is 3. The zero-order valence-electron chi connectivity index (χ0n) is 18.3. The van der Waals surface area contributed by atoms with Crippen LogP contribution in [-0.4, -0.2) is 39.0 Å².